The number of H-pyrrole nitrogens is 1. The lowest BCUT2D eigenvalue weighted by atomic mass is 9.96. The molecule has 0 spiro atoms. The number of benzene rings is 2. The van der Waals surface area contributed by atoms with E-state index in [4.69, 9.17) is 4.74 Å². The Hall–Kier alpha value is -4.02. The van der Waals surface area contributed by atoms with E-state index in [0.29, 0.717) is 18.9 Å². The maximum atomic E-state index is 6.08. The number of thiophene rings is 1. The van der Waals surface area contributed by atoms with Crippen molar-refractivity contribution in [1.82, 2.24) is 25.6 Å². The smallest absolute Gasteiger partial charge is 0.176 e. The summed E-state index contributed by atoms with van der Waals surface area (Å²) in [6, 6.07) is 18.7. The van der Waals surface area contributed by atoms with E-state index in [1.807, 2.05) is 37.4 Å². The van der Waals surface area contributed by atoms with Crippen LogP contribution in [0.5, 0.6) is 5.75 Å². The van der Waals surface area contributed by atoms with E-state index >= 15 is 0 Å². The molecule has 0 bridgehead atoms. The number of ether oxygens (including phenoxy) is 1. The lowest BCUT2D eigenvalue weighted by Crippen LogP contribution is -2.03. The van der Waals surface area contributed by atoms with E-state index in [0.717, 1.165) is 27.1 Å². The van der Waals surface area contributed by atoms with Crippen molar-refractivity contribution in [2.75, 3.05) is 0 Å². The van der Waals surface area contributed by atoms with Crippen molar-refractivity contribution >= 4 is 21.6 Å². The van der Waals surface area contributed by atoms with E-state index in [1.54, 1.807) is 11.3 Å². The third-order valence-corrected chi connectivity index (χ3v) is 6.61. The standard InChI is InChI=1S/C27H23N5OS/c1-3-6-21(14-26-29-31-32-30-26)20-9-11-22(12-10-20)33-16-19-13-24-25(17-34-27(24)28-15-19)23-8-5-4-7-18(23)2/h4-5,7-13,15,17,21H,14,16H2,1-2H3,(H,29,30,31,32)/t21-/m0/s1. The highest BCUT2D eigenvalue weighted by molar-refractivity contribution is 7.17. The van der Waals surface area contributed by atoms with E-state index < -0.39 is 0 Å². The molecule has 0 aliphatic rings. The average molecular weight is 466 g/mol. The summed E-state index contributed by atoms with van der Waals surface area (Å²) in [4.78, 5) is 5.70. The number of pyridine rings is 1. The summed E-state index contributed by atoms with van der Waals surface area (Å²) in [5, 5.41) is 17.6. The van der Waals surface area contributed by atoms with E-state index in [9.17, 15) is 0 Å². The number of hydrogen-bond donors (Lipinski definition) is 1. The zero-order chi connectivity index (χ0) is 23.3. The first-order valence-electron chi connectivity index (χ1n) is 11.0. The molecule has 0 saturated heterocycles. The van der Waals surface area contributed by atoms with Gasteiger partial charge in [0.25, 0.3) is 0 Å². The summed E-state index contributed by atoms with van der Waals surface area (Å²) >= 11 is 1.67. The topological polar surface area (TPSA) is 76.6 Å². The van der Waals surface area contributed by atoms with Gasteiger partial charge in [-0.2, -0.15) is 5.21 Å². The molecule has 0 amide bonds. The van der Waals surface area contributed by atoms with Crippen LogP contribution in [-0.2, 0) is 13.0 Å². The quantitative estimate of drug-likeness (QED) is 0.311. The second-order valence-corrected chi connectivity index (χ2v) is 8.86. The number of aromatic nitrogens is 5. The minimum absolute atomic E-state index is 0.00159. The molecule has 0 aliphatic heterocycles. The molecule has 34 heavy (non-hydrogen) atoms. The molecule has 0 saturated carbocycles. The Balaban J connectivity index is 1.31. The Kier molecular flexibility index (Phi) is 6.32. The summed E-state index contributed by atoms with van der Waals surface area (Å²) in [7, 11) is 0. The van der Waals surface area contributed by atoms with Crippen molar-refractivity contribution in [2.45, 2.75) is 32.8 Å². The highest BCUT2D eigenvalue weighted by Crippen LogP contribution is 2.35. The van der Waals surface area contributed by atoms with E-state index in [1.165, 1.54) is 16.7 Å². The van der Waals surface area contributed by atoms with Crippen molar-refractivity contribution < 1.29 is 4.74 Å². The van der Waals surface area contributed by atoms with Crippen LogP contribution in [0.4, 0.5) is 0 Å². The highest BCUT2D eigenvalue weighted by Gasteiger charge is 2.13. The van der Waals surface area contributed by atoms with Crippen LogP contribution in [0.15, 0.2) is 66.2 Å². The molecule has 2 aromatic carbocycles. The molecule has 0 fully saturated rings. The van der Waals surface area contributed by atoms with Gasteiger partial charge in [0, 0.05) is 34.5 Å². The Labute approximate surface area is 202 Å². The van der Waals surface area contributed by atoms with Crippen molar-refractivity contribution in [1.29, 1.82) is 0 Å². The first kappa shape index (κ1) is 21.8. The molecule has 1 N–H and O–H groups in total. The van der Waals surface area contributed by atoms with Crippen LogP contribution >= 0.6 is 11.3 Å². The fraction of sp³-hybridized carbons (Fsp3) is 0.185. The zero-order valence-corrected chi connectivity index (χ0v) is 19.8. The molecule has 3 aromatic heterocycles. The zero-order valence-electron chi connectivity index (χ0n) is 18.9. The Morgan fingerprint density at radius 1 is 1.09 bits per heavy atom. The number of rotatable bonds is 7. The predicted octanol–water partition coefficient (Wildman–Crippen LogP) is 5.71. The first-order chi connectivity index (χ1) is 16.7. The second kappa shape index (κ2) is 9.86. The molecular weight excluding hydrogens is 442 g/mol. The Morgan fingerprint density at radius 3 is 2.71 bits per heavy atom. The van der Waals surface area contributed by atoms with Crippen molar-refractivity contribution in [3.63, 3.8) is 0 Å². The maximum Gasteiger partial charge on any atom is 0.176 e. The summed E-state index contributed by atoms with van der Waals surface area (Å²) in [6.07, 6.45) is 2.50. The molecule has 5 aromatic rings. The van der Waals surface area contributed by atoms with Gasteiger partial charge in [0.05, 0.1) is 5.92 Å². The van der Waals surface area contributed by atoms with Gasteiger partial charge < -0.3 is 4.74 Å². The number of hydrogen-bond acceptors (Lipinski definition) is 6. The van der Waals surface area contributed by atoms with Gasteiger partial charge in [0.2, 0.25) is 0 Å². The summed E-state index contributed by atoms with van der Waals surface area (Å²) < 4.78 is 6.08. The Bertz CT molecular complexity index is 1460. The van der Waals surface area contributed by atoms with Crippen molar-refractivity contribution in [3.05, 3.63) is 88.7 Å². The number of fused-ring (bicyclic) bond motifs is 1. The van der Waals surface area contributed by atoms with E-state index in [-0.39, 0.29) is 5.92 Å². The van der Waals surface area contributed by atoms with Gasteiger partial charge in [0.1, 0.15) is 17.2 Å². The summed E-state index contributed by atoms with van der Waals surface area (Å²) in [5.41, 5.74) is 5.86. The normalized spacial score (nSPS) is 11.7. The van der Waals surface area contributed by atoms with Gasteiger partial charge in [-0.3, -0.25) is 0 Å². The predicted molar refractivity (Wildman–Crippen MR) is 135 cm³/mol. The number of aromatic amines is 1. The monoisotopic (exact) mass is 465 g/mol. The van der Waals surface area contributed by atoms with Gasteiger partial charge >= 0.3 is 0 Å². The number of aryl methyl sites for hydroxylation is 1. The molecule has 6 nitrogen and oxygen atoms in total. The van der Waals surface area contributed by atoms with Gasteiger partial charge in [-0.25, -0.2) is 4.98 Å². The van der Waals surface area contributed by atoms with Crippen LogP contribution in [0.1, 0.15) is 35.4 Å². The fourth-order valence-corrected chi connectivity index (χ4v) is 4.86. The number of nitrogens with one attached hydrogen (secondary N) is 1. The van der Waals surface area contributed by atoms with Crippen LogP contribution in [0, 0.1) is 18.8 Å². The second-order valence-electron chi connectivity index (χ2n) is 8.00. The van der Waals surface area contributed by atoms with Crippen molar-refractivity contribution in [3.8, 4) is 28.7 Å². The molecule has 3 heterocycles. The first-order valence-corrected chi connectivity index (χ1v) is 11.9. The summed E-state index contributed by atoms with van der Waals surface area (Å²) in [6.45, 7) is 4.43. The van der Waals surface area contributed by atoms with Gasteiger partial charge in [-0.1, -0.05) is 47.5 Å². The molecule has 5 rings (SSSR count). The minimum atomic E-state index is 0.00159. The van der Waals surface area contributed by atoms with Crippen LogP contribution in [-0.4, -0.2) is 25.6 Å². The molecule has 168 valence electrons. The fourth-order valence-electron chi connectivity index (χ4n) is 3.96. The summed E-state index contributed by atoms with van der Waals surface area (Å²) in [5.74, 6) is 7.68. The largest absolute Gasteiger partial charge is 0.489 e. The molecule has 0 unspecified atom stereocenters. The lowest BCUT2D eigenvalue weighted by molar-refractivity contribution is 0.306. The van der Waals surface area contributed by atoms with Crippen molar-refractivity contribution in [2.24, 2.45) is 0 Å². The van der Waals surface area contributed by atoms with E-state index in [2.05, 4.69) is 80.1 Å². The SMILES string of the molecule is CC#C[C@@H](Cc1nn[nH]n1)c1ccc(OCc2cnc3scc(-c4ccccc4C)c3c2)cc1. The Morgan fingerprint density at radius 2 is 1.94 bits per heavy atom. The lowest BCUT2D eigenvalue weighted by Gasteiger charge is -2.11. The highest BCUT2D eigenvalue weighted by atomic mass is 32.1. The van der Waals surface area contributed by atoms with Crippen LogP contribution in [0.25, 0.3) is 21.3 Å². The molecule has 0 aliphatic carbocycles. The van der Waals surface area contributed by atoms with Crippen LogP contribution in [0.2, 0.25) is 0 Å². The minimum Gasteiger partial charge on any atom is -0.489 e. The van der Waals surface area contributed by atoms with Gasteiger partial charge in [-0.05, 0) is 48.7 Å². The molecular formula is C27H23N5OS. The maximum absolute atomic E-state index is 6.08. The average Bonchev–Trinajstić information content (AvgIpc) is 3.53. The molecule has 0 radical (unpaired) electrons. The molecule has 1 atom stereocenters. The third kappa shape index (κ3) is 4.68. The van der Waals surface area contributed by atoms with Crippen LogP contribution < -0.4 is 4.74 Å². The van der Waals surface area contributed by atoms with Gasteiger partial charge in [-0.15, -0.1) is 27.5 Å². The van der Waals surface area contributed by atoms with Gasteiger partial charge in [0.15, 0.2) is 5.82 Å². The number of tetrazole rings is 1. The van der Waals surface area contributed by atoms with Crippen LogP contribution in [0.3, 0.4) is 0 Å². The molecule has 7 heteroatoms. The number of nitrogens with zero attached hydrogens (tertiary/aromatic N) is 4. The third-order valence-electron chi connectivity index (χ3n) is 5.70.